The van der Waals surface area contributed by atoms with Crippen molar-refractivity contribution >= 4 is 5.91 Å². The number of amides is 1. The van der Waals surface area contributed by atoms with Gasteiger partial charge in [-0.1, -0.05) is 17.3 Å². The number of aliphatic hydroxyl groups is 1. The van der Waals surface area contributed by atoms with Gasteiger partial charge in [0.2, 0.25) is 0 Å². The Bertz CT molecular complexity index is 745. The molecular formula is C19H25N3O4. The molecule has 1 saturated heterocycles. The minimum absolute atomic E-state index is 0.126. The first-order valence-electron chi connectivity index (χ1n) is 8.94. The van der Waals surface area contributed by atoms with Gasteiger partial charge >= 0.3 is 0 Å². The highest BCUT2D eigenvalue weighted by molar-refractivity contribution is 5.94. The van der Waals surface area contributed by atoms with E-state index in [1.165, 1.54) is 0 Å². The molecule has 1 unspecified atom stereocenters. The van der Waals surface area contributed by atoms with Crippen LogP contribution in [0.4, 0.5) is 0 Å². The topological polar surface area (TPSA) is 97.5 Å². The number of aromatic nitrogens is 2. The molecule has 1 amide bonds. The van der Waals surface area contributed by atoms with E-state index in [4.69, 9.17) is 9.26 Å². The highest BCUT2D eigenvalue weighted by Gasteiger charge is 2.24. The lowest BCUT2D eigenvalue weighted by molar-refractivity contribution is 0.0714. The monoisotopic (exact) mass is 359 g/mol. The molecule has 2 aromatic rings. The van der Waals surface area contributed by atoms with E-state index in [-0.39, 0.29) is 18.6 Å². The Labute approximate surface area is 152 Å². The summed E-state index contributed by atoms with van der Waals surface area (Å²) in [5.74, 6) is 0.709. The molecule has 0 saturated carbocycles. The fourth-order valence-electron chi connectivity index (χ4n) is 2.82. The first kappa shape index (κ1) is 18.5. The second-order valence-corrected chi connectivity index (χ2v) is 7.25. The molecule has 7 nitrogen and oxygen atoms in total. The third kappa shape index (κ3) is 5.12. The van der Waals surface area contributed by atoms with E-state index in [2.05, 4.69) is 15.5 Å². The normalized spacial score (nSPS) is 17.4. The van der Waals surface area contributed by atoms with Crippen LogP contribution in [0.15, 0.2) is 28.8 Å². The van der Waals surface area contributed by atoms with E-state index in [9.17, 15) is 9.90 Å². The fourth-order valence-corrected chi connectivity index (χ4v) is 2.82. The van der Waals surface area contributed by atoms with Crippen LogP contribution in [-0.2, 0) is 17.7 Å². The summed E-state index contributed by atoms with van der Waals surface area (Å²) in [7, 11) is 0. The van der Waals surface area contributed by atoms with Crippen molar-refractivity contribution in [2.45, 2.75) is 57.8 Å². The number of nitrogens with zero attached hydrogens (tertiary/aromatic N) is 2. The predicted molar refractivity (Wildman–Crippen MR) is 94.5 cm³/mol. The number of ether oxygens (including phenoxy) is 1. The van der Waals surface area contributed by atoms with E-state index in [0.29, 0.717) is 36.7 Å². The van der Waals surface area contributed by atoms with Crippen molar-refractivity contribution in [3.05, 3.63) is 47.1 Å². The average Bonchev–Trinajstić information content (AvgIpc) is 3.28. The molecule has 0 radical (unpaired) electrons. The maximum Gasteiger partial charge on any atom is 0.255 e. The zero-order chi connectivity index (χ0) is 18.6. The number of carbonyl (C=O) groups is 1. The fraction of sp³-hybridized carbons (Fsp3) is 0.526. The van der Waals surface area contributed by atoms with Gasteiger partial charge in [-0.05, 0) is 57.2 Å². The predicted octanol–water partition coefficient (Wildman–Crippen LogP) is 2.55. The van der Waals surface area contributed by atoms with Crippen LogP contribution in [0.2, 0.25) is 0 Å². The Balaban J connectivity index is 1.54. The number of carbonyl (C=O) groups excluding carboxylic acids is 1. The zero-order valence-electron chi connectivity index (χ0n) is 15.2. The molecule has 0 bridgehead atoms. The Morgan fingerprint density at radius 2 is 2.27 bits per heavy atom. The molecule has 1 aliphatic rings. The standard InChI is InChI=1S/C19H25N3O4/c1-19(2,24)9-8-13-5-3-6-14(11-13)17(23)20-12-16-21-18(26-22-16)15-7-4-10-25-15/h3,5-6,11,15,24H,4,7-10,12H2,1-2H3,(H,20,23). The van der Waals surface area contributed by atoms with Crippen LogP contribution in [0.1, 0.15) is 66.9 Å². The minimum atomic E-state index is -0.725. The third-order valence-corrected chi connectivity index (χ3v) is 4.31. The lowest BCUT2D eigenvalue weighted by Gasteiger charge is -2.16. The highest BCUT2D eigenvalue weighted by atomic mass is 16.5. The van der Waals surface area contributed by atoms with Crippen LogP contribution in [0.5, 0.6) is 0 Å². The maximum atomic E-state index is 12.4. The molecule has 1 aliphatic heterocycles. The van der Waals surface area contributed by atoms with Gasteiger partial charge in [-0.3, -0.25) is 4.79 Å². The minimum Gasteiger partial charge on any atom is -0.390 e. The summed E-state index contributed by atoms with van der Waals surface area (Å²) in [6, 6.07) is 7.40. The van der Waals surface area contributed by atoms with Gasteiger partial charge in [-0.2, -0.15) is 4.98 Å². The second-order valence-electron chi connectivity index (χ2n) is 7.25. The van der Waals surface area contributed by atoms with E-state index in [1.54, 1.807) is 19.9 Å². The first-order chi connectivity index (χ1) is 12.4. The van der Waals surface area contributed by atoms with Gasteiger partial charge in [0, 0.05) is 12.2 Å². The van der Waals surface area contributed by atoms with Crippen molar-refractivity contribution in [1.29, 1.82) is 0 Å². The van der Waals surface area contributed by atoms with Crippen molar-refractivity contribution in [3.8, 4) is 0 Å². The third-order valence-electron chi connectivity index (χ3n) is 4.31. The molecule has 140 valence electrons. The average molecular weight is 359 g/mol. The van der Waals surface area contributed by atoms with E-state index in [1.807, 2.05) is 18.2 Å². The van der Waals surface area contributed by atoms with Gasteiger partial charge in [-0.25, -0.2) is 0 Å². The Hall–Kier alpha value is -2.25. The Morgan fingerprint density at radius 3 is 3.00 bits per heavy atom. The van der Waals surface area contributed by atoms with Gasteiger partial charge in [0.1, 0.15) is 6.10 Å². The molecule has 2 N–H and O–H groups in total. The largest absolute Gasteiger partial charge is 0.390 e. The van der Waals surface area contributed by atoms with Crippen LogP contribution in [0.25, 0.3) is 0 Å². The molecular weight excluding hydrogens is 334 g/mol. The quantitative estimate of drug-likeness (QED) is 0.788. The molecule has 1 aromatic heterocycles. The maximum absolute atomic E-state index is 12.4. The summed E-state index contributed by atoms with van der Waals surface area (Å²) < 4.78 is 10.7. The van der Waals surface area contributed by atoms with Crippen molar-refractivity contribution in [2.75, 3.05) is 6.61 Å². The molecule has 26 heavy (non-hydrogen) atoms. The highest BCUT2D eigenvalue weighted by Crippen LogP contribution is 2.26. The van der Waals surface area contributed by atoms with Gasteiger partial charge in [0.05, 0.1) is 12.1 Å². The van der Waals surface area contributed by atoms with Gasteiger partial charge in [-0.15, -0.1) is 0 Å². The van der Waals surface area contributed by atoms with Crippen molar-refractivity contribution in [1.82, 2.24) is 15.5 Å². The van der Waals surface area contributed by atoms with Crippen LogP contribution in [-0.4, -0.2) is 33.4 Å². The molecule has 1 aromatic carbocycles. The van der Waals surface area contributed by atoms with Gasteiger partial charge in [0.15, 0.2) is 5.82 Å². The summed E-state index contributed by atoms with van der Waals surface area (Å²) >= 11 is 0. The van der Waals surface area contributed by atoms with E-state index >= 15 is 0 Å². The van der Waals surface area contributed by atoms with Crippen molar-refractivity contribution in [3.63, 3.8) is 0 Å². The number of aryl methyl sites for hydroxylation is 1. The number of hydrogen-bond donors (Lipinski definition) is 2. The summed E-state index contributed by atoms with van der Waals surface area (Å²) in [4.78, 5) is 16.6. The zero-order valence-corrected chi connectivity index (χ0v) is 15.2. The molecule has 2 heterocycles. The van der Waals surface area contributed by atoms with Gasteiger partial charge in [0.25, 0.3) is 11.8 Å². The van der Waals surface area contributed by atoms with Crippen molar-refractivity contribution in [2.24, 2.45) is 0 Å². The summed E-state index contributed by atoms with van der Waals surface area (Å²) in [5.41, 5.74) is 0.860. The lowest BCUT2D eigenvalue weighted by atomic mass is 9.98. The summed E-state index contributed by atoms with van der Waals surface area (Å²) in [6.07, 6.45) is 3.08. The second kappa shape index (κ2) is 7.97. The van der Waals surface area contributed by atoms with Crippen LogP contribution < -0.4 is 5.32 Å². The molecule has 3 rings (SSSR count). The lowest BCUT2D eigenvalue weighted by Crippen LogP contribution is -2.23. The summed E-state index contributed by atoms with van der Waals surface area (Å²) in [6.45, 7) is 4.46. The summed E-state index contributed by atoms with van der Waals surface area (Å²) in [5, 5.41) is 16.5. The number of nitrogens with one attached hydrogen (secondary N) is 1. The molecule has 1 fully saturated rings. The van der Waals surface area contributed by atoms with Crippen LogP contribution in [0, 0.1) is 0 Å². The van der Waals surface area contributed by atoms with E-state index in [0.717, 1.165) is 18.4 Å². The molecule has 0 aliphatic carbocycles. The van der Waals surface area contributed by atoms with Crippen molar-refractivity contribution < 1.29 is 19.2 Å². The number of hydrogen-bond acceptors (Lipinski definition) is 6. The molecule has 0 spiro atoms. The molecule has 1 atom stereocenters. The molecule has 7 heteroatoms. The SMILES string of the molecule is CC(C)(O)CCc1cccc(C(=O)NCc2noc(C3CCCO3)n2)c1. The van der Waals surface area contributed by atoms with Crippen LogP contribution in [0.3, 0.4) is 0 Å². The van der Waals surface area contributed by atoms with E-state index < -0.39 is 5.60 Å². The Morgan fingerprint density at radius 1 is 1.42 bits per heavy atom. The Kier molecular flexibility index (Phi) is 5.68. The number of rotatable bonds is 7. The smallest absolute Gasteiger partial charge is 0.255 e. The van der Waals surface area contributed by atoms with Gasteiger partial charge < -0.3 is 19.7 Å². The first-order valence-corrected chi connectivity index (χ1v) is 8.94. The number of benzene rings is 1. The van der Waals surface area contributed by atoms with Crippen LogP contribution >= 0.6 is 0 Å².